The Hall–Kier alpha value is 0.0800. The number of halogens is 2. The van der Waals surface area contributed by atoms with Crippen LogP contribution in [-0.2, 0) is 4.74 Å². The van der Waals surface area contributed by atoms with E-state index in [1.807, 2.05) is 6.07 Å². The number of ether oxygens (including phenoxy) is 1. The Morgan fingerprint density at radius 3 is 2.75 bits per heavy atom. The Kier molecular flexibility index (Phi) is 3.69. The number of carbonyl (C=O) groups excluding carboxylic acids is 1. The minimum Gasteiger partial charge on any atom is -0.464 e. The molecule has 1 heterocycles. The number of esters is 1. The second kappa shape index (κ2) is 4.35. The lowest BCUT2D eigenvalue weighted by Gasteiger charge is -2.00. The van der Waals surface area contributed by atoms with Gasteiger partial charge in [0.25, 0.3) is 0 Å². The summed E-state index contributed by atoms with van der Waals surface area (Å²) < 4.78 is 6.36. The Labute approximate surface area is 97.2 Å². The van der Waals surface area contributed by atoms with Gasteiger partial charge in [0.2, 0.25) is 0 Å². The van der Waals surface area contributed by atoms with Gasteiger partial charge in [-0.05, 0) is 51.2 Å². The molecule has 0 aliphatic rings. The Morgan fingerprint density at radius 2 is 2.25 bits per heavy atom. The molecule has 0 saturated heterocycles. The summed E-state index contributed by atoms with van der Waals surface area (Å²) >= 11 is 4.19. The van der Waals surface area contributed by atoms with Crippen LogP contribution in [0.25, 0.3) is 0 Å². The number of hydrogen-bond donors (Lipinski definition) is 0. The summed E-state index contributed by atoms with van der Waals surface area (Å²) in [6.45, 7) is 0. The number of rotatable bonds is 1. The van der Waals surface area contributed by atoms with Gasteiger partial charge in [0.05, 0.1) is 7.11 Å². The quantitative estimate of drug-likeness (QED) is 0.546. The minimum atomic E-state index is -0.393. The van der Waals surface area contributed by atoms with Crippen molar-refractivity contribution in [3.05, 3.63) is 25.1 Å². The van der Waals surface area contributed by atoms with Gasteiger partial charge in [-0.2, -0.15) is 0 Å². The minimum absolute atomic E-state index is 0.374. The summed E-state index contributed by atoms with van der Waals surface area (Å²) in [6.07, 6.45) is 1.63. The Bertz CT molecular complexity index is 314. The van der Waals surface area contributed by atoms with Crippen molar-refractivity contribution in [2.45, 2.75) is 0 Å². The van der Waals surface area contributed by atoms with Gasteiger partial charge in [0.15, 0.2) is 5.69 Å². The van der Waals surface area contributed by atoms with E-state index in [-0.39, 0.29) is 0 Å². The van der Waals surface area contributed by atoms with Crippen LogP contribution in [0.3, 0.4) is 0 Å². The fraction of sp³-hybridized carbons (Fsp3) is 0.143. The average molecular weight is 389 g/mol. The van der Waals surface area contributed by atoms with E-state index < -0.39 is 5.97 Å². The zero-order chi connectivity index (χ0) is 9.14. The van der Waals surface area contributed by atoms with Gasteiger partial charge in [-0.15, -0.1) is 0 Å². The van der Waals surface area contributed by atoms with E-state index in [0.29, 0.717) is 5.69 Å². The number of pyridine rings is 1. The molecule has 0 radical (unpaired) electrons. The molecule has 0 aliphatic carbocycles. The SMILES string of the molecule is COC(=O)c1ncc(I)cc1I. The molecule has 0 N–H and O–H groups in total. The Balaban J connectivity index is 3.09. The van der Waals surface area contributed by atoms with Crippen LogP contribution in [0.4, 0.5) is 0 Å². The van der Waals surface area contributed by atoms with Crippen LogP contribution in [0.5, 0.6) is 0 Å². The van der Waals surface area contributed by atoms with Crippen LogP contribution < -0.4 is 0 Å². The molecule has 1 rings (SSSR count). The number of hydrogen-bond acceptors (Lipinski definition) is 3. The van der Waals surface area contributed by atoms with E-state index >= 15 is 0 Å². The molecule has 0 amide bonds. The molecule has 0 fully saturated rings. The zero-order valence-electron chi connectivity index (χ0n) is 6.17. The van der Waals surface area contributed by atoms with Gasteiger partial charge in [0, 0.05) is 13.3 Å². The van der Waals surface area contributed by atoms with Crippen molar-refractivity contribution < 1.29 is 9.53 Å². The number of nitrogens with zero attached hydrogens (tertiary/aromatic N) is 1. The summed E-state index contributed by atoms with van der Waals surface area (Å²) in [7, 11) is 1.35. The van der Waals surface area contributed by atoms with Gasteiger partial charge in [-0.25, -0.2) is 9.78 Å². The highest BCUT2D eigenvalue weighted by molar-refractivity contribution is 14.1. The first-order chi connectivity index (χ1) is 5.65. The van der Waals surface area contributed by atoms with Crippen LogP contribution in [0.2, 0.25) is 0 Å². The fourth-order valence-electron chi connectivity index (χ4n) is 0.661. The smallest absolute Gasteiger partial charge is 0.357 e. The molecule has 0 unspecified atom stereocenters. The fourth-order valence-corrected chi connectivity index (χ4v) is 2.40. The third-order valence-corrected chi connectivity index (χ3v) is 2.60. The highest BCUT2D eigenvalue weighted by Crippen LogP contribution is 2.13. The topological polar surface area (TPSA) is 39.2 Å². The predicted octanol–water partition coefficient (Wildman–Crippen LogP) is 2.08. The maximum absolute atomic E-state index is 11.1. The molecule has 12 heavy (non-hydrogen) atoms. The summed E-state index contributed by atoms with van der Waals surface area (Å²) in [4.78, 5) is 15.0. The van der Waals surface area contributed by atoms with Crippen LogP contribution in [-0.4, -0.2) is 18.1 Å². The Morgan fingerprint density at radius 1 is 1.58 bits per heavy atom. The number of aromatic nitrogens is 1. The lowest BCUT2D eigenvalue weighted by Crippen LogP contribution is -2.06. The first kappa shape index (κ1) is 10.2. The molecular formula is C7H5I2NO2. The van der Waals surface area contributed by atoms with Crippen LogP contribution >= 0.6 is 45.2 Å². The van der Waals surface area contributed by atoms with E-state index in [1.54, 1.807) is 6.20 Å². The molecule has 1 aromatic rings. The lowest BCUT2D eigenvalue weighted by molar-refractivity contribution is 0.0592. The third-order valence-electron chi connectivity index (χ3n) is 1.19. The van der Waals surface area contributed by atoms with Crippen molar-refractivity contribution in [2.75, 3.05) is 7.11 Å². The number of methoxy groups -OCH3 is 1. The zero-order valence-corrected chi connectivity index (χ0v) is 10.5. The monoisotopic (exact) mass is 389 g/mol. The highest BCUT2D eigenvalue weighted by Gasteiger charge is 2.11. The van der Waals surface area contributed by atoms with Crippen LogP contribution in [0.15, 0.2) is 12.3 Å². The maximum atomic E-state index is 11.1. The van der Waals surface area contributed by atoms with Crippen molar-refractivity contribution >= 4 is 51.2 Å². The highest BCUT2D eigenvalue weighted by atomic mass is 127. The second-order valence-electron chi connectivity index (χ2n) is 1.98. The summed E-state index contributed by atoms with van der Waals surface area (Å²) in [5.41, 5.74) is 0.374. The van der Waals surface area contributed by atoms with Crippen LogP contribution in [0, 0.1) is 7.14 Å². The molecule has 0 atom stereocenters. The third kappa shape index (κ3) is 2.28. The maximum Gasteiger partial charge on any atom is 0.357 e. The van der Waals surface area contributed by atoms with Gasteiger partial charge in [-0.3, -0.25) is 0 Å². The molecule has 0 saturated carbocycles. The molecule has 3 nitrogen and oxygen atoms in total. The molecule has 0 aromatic carbocycles. The van der Waals surface area contributed by atoms with Crippen molar-refractivity contribution in [3.63, 3.8) is 0 Å². The van der Waals surface area contributed by atoms with E-state index in [4.69, 9.17) is 0 Å². The van der Waals surface area contributed by atoms with Crippen molar-refractivity contribution in [1.29, 1.82) is 0 Å². The van der Waals surface area contributed by atoms with Crippen molar-refractivity contribution in [3.8, 4) is 0 Å². The molecule has 0 aliphatic heterocycles. The van der Waals surface area contributed by atoms with Gasteiger partial charge < -0.3 is 4.74 Å². The second-order valence-corrected chi connectivity index (χ2v) is 4.38. The normalized spacial score (nSPS) is 9.58. The van der Waals surface area contributed by atoms with E-state index in [0.717, 1.165) is 7.14 Å². The van der Waals surface area contributed by atoms with Gasteiger partial charge in [-0.1, -0.05) is 0 Å². The molecular weight excluding hydrogens is 384 g/mol. The molecule has 64 valence electrons. The van der Waals surface area contributed by atoms with Crippen LogP contribution in [0.1, 0.15) is 10.5 Å². The first-order valence-corrected chi connectivity index (χ1v) is 5.20. The van der Waals surface area contributed by atoms with Crippen molar-refractivity contribution in [2.24, 2.45) is 0 Å². The van der Waals surface area contributed by atoms with Crippen molar-refractivity contribution in [1.82, 2.24) is 4.98 Å². The molecule has 0 spiro atoms. The number of carbonyl (C=O) groups is 1. The first-order valence-electron chi connectivity index (χ1n) is 3.04. The predicted molar refractivity (Wildman–Crippen MR) is 61.0 cm³/mol. The summed E-state index contributed by atoms with van der Waals surface area (Å²) in [6, 6.07) is 1.88. The standard InChI is InChI=1S/C7H5I2NO2/c1-12-7(11)6-5(9)2-4(8)3-10-6/h2-3H,1H3. The lowest BCUT2D eigenvalue weighted by atomic mass is 10.4. The summed E-state index contributed by atoms with van der Waals surface area (Å²) in [5, 5.41) is 0. The molecule has 5 heteroatoms. The van der Waals surface area contributed by atoms with E-state index in [1.165, 1.54) is 7.11 Å². The van der Waals surface area contributed by atoms with Gasteiger partial charge in [0.1, 0.15) is 0 Å². The largest absolute Gasteiger partial charge is 0.464 e. The molecule has 1 aromatic heterocycles. The average Bonchev–Trinajstić information content (AvgIpc) is 2.03. The molecule has 0 bridgehead atoms. The summed E-state index contributed by atoms with van der Waals surface area (Å²) in [5.74, 6) is -0.393. The van der Waals surface area contributed by atoms with E-state index in [2.05, 4.69) is 54.9 Å². The van der Waals surface area contributed by atoms with Gasteiger partial charge >= 0.3 is 5.97 Å². The van der Waals surface area contributed by atoms with E-state index in [9.17, 15) is 4.79 Å².